The molecule has 0 radical (unpaired) electrons. The first kappa shape index (κ1) is 12.0. The van der Waals surface area contributed by atoms with E-state index in [1.807, 2.05) is 6.07 Å². The van der Waals surface area contributed by atoms with Gasteiger partial charge in [-0.15, -0.1) is 0 Å². The normalized spacial score (nSPS) is 16.9. The van der Waals surface area contributed by atoms with Gasteiger partial charge in [0, 0.05) is 19.6 Å². The summed E-state index contributed by atoms with van der Waals surface area (Å²) >= 11 is 0. The number of hydrazine groups is 1. The van der Waals surface area contributed by atoms with Crippen LogP contribution >= 0.6 is 0 Å². The van der Waals surface area contributed by atoms with Crippen LogP contribution in [-0.2, 0) is 11.3 Å². The monoisotopic (exact) mass is 236 g/mol. The van der Waals surface area contributed by atoms with Gasteiger partial charge in [0.15, 0.2) is 0 Å². The van der Waals surface area contributed by atoms with Crippen molar-refractivity contribution >= 4 is 5.97 Å². The average Bonchev–Trinajstić information content (AvgIpc) is 2.38. The number of carboxylic acids is 1. The number of rotatable bonds is 4. The van der Waals surface area contributed by atoms with E-state index in [9.17, 15) is 4.79 Å². The molecule has 0 atom stereocenters. The molecule has 92 valence electrons. The summed E-state index contributed by atoms with van der Waals surface area (Å²) in [5.74, 6) is -0.891. The lowest BCUT2D eigenvalue weighted by atomic mass is 10.1. The van der Waals surface area contributed by atoms with Crippen LogP contribution in [-0.4, -0.2) is 42.4 Å². The summed E-state index contributed by atoms with van der Waals surface area (Å²) in [7, 11) is 0. The molecule has 5 heteroatoms. The maximum absolute atomic E-state index is 10.8. The fourth-order valence-electron chi connectivity index (χ4n) is 1.74. The zero-order chi connectivity index (χ0) is 12.1. The second-order valence-corrected chi connectivity index (χ2v) is 3.94. The lowest BCUT2D eigenvalue weighted by Crippen LogP contribution is -2.45. The number of hydrogen-bond donors (Lipinski definition) is 2. The second-order valence-electron chi connectivity index (χ2n) is 3.94. The zero-order valence-corrected chi connectivity index (χ0v) is 9.56. The third-order valence-electron chi connectivity index (χ3n) is 2.69. The molecule has 5 nitrogen and oxygen atoms in total. The van der Waals surface area contributed by atoms with Crippen molar-refractivity contribution in [3.8, 4) is 0 Å². The SMILES string of the molecule is O=C(O)c1cccc(CNN2CCOCC2)c1. The van der Waals surface area contributed by atoms with Crippen LogP contribution < -0.4 is 5.43 Å². The van der Waals surface area contributed by atoms with E-state index < -0.39 is 5.97 Å². The molecule has 0 unspecified atom stereocenters. The third-order valence-corrected chi connectivity index (χ3v) is 2.69. The summed E-state index contributed by atoms with van der Waals surface area (Å²) < 4.78 is 5.24. The largest absolute Gasteiger partial charge is 0.478 e. The Morgan fingerprint density at radius 3 is 2.88 bits per heavy atom. The fraction of sp³-hybridized carbons (Fsp3) is 0.417. The average molecular weight is 236 g/mol. The highest BCUT2D eigenvalue weighted by Crippen LogP contribution is 2.05. The van der Waals surface area contributed by atoms with Crippen LogP contribution in [0.1, 0.15) is 15.9 Å². The molecule has 1 aromatic rings. The molecule has 1 aromatic carbocycles. The molecule has 0 saturated carbocycles. The zero-order valence-electron chi connectivity index (χ0n) is 9.56. The van der Waals surface area contributed by atoms with Crippen molar-refractivity contribution in [2.45, 2.75) is 6.54 Å². The van der Waals surface area contributed by atoms with E-state index >= 15 is 0 Å². The first-order valence-corrected chi connectivity index (χ1v) is 5.64. The van der Waals surface area contributed by atoms with Crippen LogP contribution in [0.5, 0.6) is 0 Å². The van der Waals surface area contributed by atoms with Gasteiger partial charge in [-0.25, -0.2) is 9.80 Å². The topological polar surface area (TPSA) is 61.8 Å². The minimum Gasteiger partial charge on any atom is -0.478 e. The number of nitrogens with one attached hydrogen (secondary N) is 1. The summed E-state index contributed by atoms with van der Waals surface area (Å²) in [5, 5.41) is 11.0. The van der Waals surface area contributed by atoms with Crippen molar-refractivity contribution in [3.05, 3.63) is 35.4 Å². The van der Waals surface area contributed by atoms with Gasteiger partial charge in [0.25, 0.3) is 0 Å². The van der Waals surface area contributed by atoms with Crippen LogP contribution in [0.15, 0.2) is 24.3 Å². The molecule has 2 N–H and O–H groups in total. The highest BCUT2D eigenvalue weighted by molar-refractivity contribution is 5.87. The molecular formula is C12H16N2O3. The lowest BCUT2D eigenvalue weighted by molar-refractivity contribution is 0.0106. The first-order chi connectivity index (χ1) is 8.25. The second kappa shape index (κ2) is 5.77. The third kappa shape index (κ3) is 3.52. The summed E-state index contributed by atoms with van der Waals surface area (Å²) in [4.78, 5) is 10.8. The van der Waals surface area contributed by atoms with Crippen LogP contribution in [0.2, 0.25) is 0 Å². The molecular weight excluding hydrogens is 220 g/mol. The quantitative estimate of drug-likeness (QED) is 0.806. The molecule has 1 heterocycles. The van der Waals surface area contributed by atoms with E-state index in [-0.39, 0.29) is 0 Å². The molecule has 0 aliphatic carbocycles. The van der Waals surface area contributed by atoms with Gasteiger partial charge in [0.2, 0.25) is 0 Å². The van der Waals surface area contributed by atoms with Crippen LogP contribution in [0.3, 0.4) is 0 Å². The van der Waals surface area contributed by atoms with Crippen LogP contribution in [0.25, 0.3) is 0 Å². The molecule has 17 heavy (non-hydrogen) atoms. The Bertz CT molecular complexity index is 389. The lowest BCUT2D eigenvalue weighted by Gasteiger charge is -2.27. The van der Waals surface area contributed by atoms with Crippen molar-refractivity contribution in [2.24, 2.45) is 0 Å². The number of aromatic carboxylic acids is 1. The fourth-order valence-corrected chi connectivity index (χ4v) is 1.74. The summed E-state index contributed by atoms with van der Waals surface area (Å²) in [6.07, 6.45) is 0. The molecule has 2 rings (SSSR count). The molecule has 1 aliphatic heterocycles. The Balaban J connectivity index is 1.89. The van der Waals surface area contributed by atoms with Crippen LogP contribution in [0.4, 0.5) is 0 Å². The molecule has 0 amide bonds. The number of hydrogen-bond acceptors (Lipinski definition) is 4. The van der Waals surface area contributed by atoms with Gasteiger partial charge in [0.05, 0.1) is 18.8 Å². The number of benzene rings is 1. The maximum Gasteiger partial charge on any atom is 0.335 e. The van der Waals surface area contributed by atoms with Gasteiger partial charge in [-0.2, -0.15) is 0 Å². The van der Waals surface area contributed by atoms with Crippen molar-refractivity contribution in [1.29, 1.82) is 0 Å². The summed E-state index contributed by atoms with van der Waals surface area (Å²) in [5.41, 5.74) is 4.56. The molecule has 0 aromatic heterocycles. The van der Waals surface area contributed by atoms with Gasteiger partial charge >= 0.3 is 5.97 Å². The Kier molecular flexibility index (Phi) is 4.08. The van der Waals surface area contributed by atoms with Crippen LogP contribution in [0, 0.1) is 0 Å². The number of carboxylic acid groups (broad SMARTS) is 1. The number of morpholine rings is 1. The van der Waals surface area contributed by atoms with Gasteiger partial charge < -0.3 is 9.84 Å². The minimum absolute atomic E-state index is 0.325. The number of ether oxygens (including phenoxy) is 1. The van der Waals surface area contributed by atoms with Gasteiger partial charge in [0.1, 0.15) is 0 Å². The highest BCUT2D eigenvalue weighted by Gasteiger charge is 2.09. The first-order valence-electron chi connectivity index (χ1n) is 5.64. The number of carbonyl (C=O) groups is 1. The predicted octanol–water partition coefficient (Wildman–Crippen LogP) is 0.722. The Hall–Kier alpha value is -1.43. The Morgan fingerprint density at radius 1 is 1.41 bits per heavy atom. The summed E-state index contributed by atoms with van der Waals surface area (Å²) in [6.45, 7) is 3.84. The summed E-state index contributed by atoms with van der Waals surface area (Å²) in [6, 6.07) is 6.97. The Morgan fingerprint density at radius 2 is 2.18 bits per heavy atom. The van der Waals surface area contributed by atoms with E-state index in [1.165, 1.54) is 0 Å². The molecule has 1 fully saturated rings. The molecule has 0 bridgehead atoms. The molecule has 0 spiro atoms. The minimum atomic E-state index is -0.891. The predicted molar refractivity (Wildman–Crippen MR) is 62.6 cm³/mol. The smallest absolute Gasteiger partial charge is 0.335 e. The standard InChI is InChI=1S/C12H16N2O3/c15-12(16)11-3-1-2-10(8-11)9-13-14-4-6-17-7-5-14/h1-3,8,13H,4-7,9H2,(H,15,16). The van der Waals surface area contributed by atoms with Gasteiger partial charge in [-0.3, -0.25) is 5.43 Å². The van der Waals surface area contributed by atoms with Crippen molar-refractivity contribution in [1.82, 2.24) is 10.4 Å². The molecule has 1 aliphatic rings. The van der Waals surface area contributed by atoms with Crippen molar-refractivity contribution in [3.63, 3.8) is 0 Å². The maximum atomic E-state index is 10.8. The van der Waals surface area contributed by atoms with E-state index in [0.29, 0.717) is 12.1 Å². The van der Waals surface area contributed by atoms with E-state index in [4.69, 9.17) is 9.84 Å². The van der Waals surface area contributed by atoms with E-state index in [1.54, 1.807) is 18.2 Å². The van der Waals surface area contributed by atoms with Crippen molar-refractivity contribution in [2.75, 3.05) is 26.3 Å². The number of nitrogens with zero attached hydrogens (tertiary/aromatic N) is 1. The Labute approximate surface area is 100.0 Å². The van der Waals surface area contributed by atoms with Gasteiger partial charge in [-0.1, -0.05) is 12.1 Å². The van der Waals surface area contributed by atoms with E-state index in [0.717, 1.165) is 31.9 Å². The highest BCUT2D eigenvalue weighted by atomic mass is 16.5. The van der Waals surface area contributed by atoms with Crippen molar-refractivity contribution < 1.29 is 14.6 Å². The van der Waals surface area contributed by atoms with E-state index in [2.05, 4.69) is 10.4 Å². The van der Waals surface area contributed by atoms with Gasteiger partial charge in [-0.05, 0) is 17.7 Å². The molecule has 1 saturated heterocycles.